The summed E-state index contributed by atoms with van der Waals surface area (Å²) in [6, 6.07) is 6.26. The van der Waals surface area contributed by atoms with E-state index < -0.39 is 33.3 Å². The zero-order valence-corrected chi connectivity index (χ0v) is 28.2. The third-order valence-electron chi connectivity index (χ3n) is 8.10. The first-order chi connectivity index (χ1) is 22.1. The van der Waals surface area contributed by atoms with Crippen molar-refractivity contribution < 1.29 is 32.1 Å². The van der Waals surface area contributed by atoms with Crippen LogP contribution in [0.1, 0.15) is 81.4 Å². The van der Waals surface area contributed by atoms with Crippen LogP contribution in [-0.4, -0.2) is 68.4 Å². The van der Waals surface area contributed by atoms with Crippen LogP contribution in [0.4, 0.5) is 25.1 Å². The molecule has 0 aliphatic carbocycles. The average Bonchev–Trinajstić information content (AvgIpc) is 3.40. The van der Waals surface area contributed by atoms with E-state index in [1.165, 1.54) is 12.3 Å². The number of amides is 2. The summed E-state index contributed by atoms with van der Waals surface area (Å²) in [6.45, 7) is 7.87. The number of carbonyl (C=O) groups is 2. The Hall–Kier alpha value is -3.91. The summed E-state index contributed by atoms with van der Waals surface area (Å²) in [4.78, 5) is 33.1. The molecular formula is C33H42F2N6O5S. The molecule has 2 aromatic heterocycles. The Morgan fingerprint density at radius 1 is 1.15 bits per heavy atom. The second kappa shape index (κ2) is 13.7. The molecule has 0 saturated carbocycles. The van der Waals surface area contributed by atoms with Crippen LogP contribution in [0.5, 0.6) is 0 Å². The summed E-state index contributed by atoms with van der Waals surface area (Å²) in [5.41, 5.74) is 1.74. The van der Waals surface area contributed by atoms with E-state index in [4.69, 9.17) is 9.47 Å². The largest absolute Gasteiger partial charge is 0.442 e. The molecule has 0 bridgehead atoms. The van der Waals surface area contributed by atoms with Gasteiger partial charge in [-0.3, -0.25) is 4.79 Å². The number of anilines is 2. The summed E-state index contributed by atoms with van der Waals surface area (Å²) in [5.74, 6) is -3.01. The highest BCUT2D eigenvalue weighted by Crippen LogP contribution is 2.35. The maximum atomic E-state index is 14.3. The molecule has 1 N–H and O–H groups in total. The fourth-order valence-corrected chi connectivity index (χ4v) is 6.82. The Balaban J connectivity index is 1.49. The first-order valence-corrected chi connectivity index (χ1v) is 17.7. The van der Waals surface area contributed by atoms with Crippen molar-refractivity contribution in [2.24, 2.45) is 4.36 Å². The molecule has 47 heavy (non-hydrogen) atoms. The van der Waals surface area contributed by atoms with Crippen LogP contribution in [0.25, 0.3) is 11.1 Å². The molecule has 5 rings (SSSR count). The van der Waals surface area contributed by atoms with Gasteiger partial charge in [-0.05, 0) is 77.1 Å². The van der Waals surface area contributed by atoms with Crippen molar-refractivity contribution in [3.63, 3.8) is 0 Å². The van der Waals surface area contributed by atoms with Crippen molar-refractivity contribution in [2.45, 2.75) is 88.9 Å². The lowest BCUT2D eigenvalue weighted by Crippen LogP contribution is -2.30. The molecule has 1 unspecified atom stereocenters. The van der Waals surface area contributed by atoms with E-state index in [-0.39, 0.29) is 42.5 Å². The Morgan fingerprint density at radius 3 is 2.66 bits per heavy atom. The number of benzene rings is 1. The minimum Gasteiger partial charge on any atom is -0.442 e. The van der Waals surface area contributed by atoms with Crippen LogP contribution in [0, 0.1) is 6.92 Å². The van der Waals surface area contributed by atoms with Crippen molar-refractivity contribution >= 4 is 33.2 Å². The number of halogens is 2. The number of ether oxygens (including phenoxy) is 2. The van der Waals surface area contributed by atoms with Gasteiger partial charge in [0.05, 0.1) is 21.5 Å². The molecular weight excluding hydrogens is 630 g/mol. The Labute approximate surface area is 274 Å². The van der Waals surface area contributed by atoms with Gasteiger partial charge in [-0.15, -0.1) is 4.36 Å². The minimum absolute atomic E-state index is 0.0373. The van der Waals surface area contributed by atoms with Crippen LogP contribution in [0.15, 0.2) is 52.1 Å². The first kappa shape index (κ1) is 34.4. The quantitative estimate of drug-likeness (QED) is 0.291. The van der Waals surface area contributed by atoms with Gasteiger partial charge in [0, 0.05) is 72.9 Å². The molecule has 14 heteroatoms. The van der Waals surface area contributed by atoms with E-state index in [0.29, 0.717) is 35.8 Å². The van der Waals surface area contributed by atoms with Gasteiger partial charge in [-0.1, -0.05) is 6.07 Å². The molecule has 254 valence electrons. The maximum Gasteiger partial charge on any atom is 0.442 e. The fraction of sp³-hybridized carbons (Fsp3) is 0.515. The zero-order chi connectivity index (χ0) is 34.0. The first-order valence-electron chi connectivity index (χ1n) is 15.8. The highest BCUT2D eigenvalue weighted by molar-refractivity contribution is 7.93. The number of aromatic nitrogens is 3. The third kappa shape index (κ3) is 8.52. The van der Waals surface area contributed by atoms with Crippen LogP contribution in [0.3, 0.4) is 0 Å². The van der Waals surface area contributed by atoms with E-state index in [1.54, 1.807) is 67.9 Å². The molecule has 2 fully saturated rings. The summed E-state index contributed by atoms with van der Waals surface area (Å²) >= 11 is 0. The average molecular weight is 673 g/mol. The summed E-state index contributed by atoms with van der Waals surface area (Å²) in [6.07, 6.45) is 7.97. The van der Waals surface area contributed by atoms with Gasteiger partial charge >= 0.3 is 6.09 Å². The number of rotatable bonds is 6. The predicted octanol–water partition coefficient (Wildman–Crippen LogP) is 7.22. The minimum atomic E-state index is -3.22. The van der Waals surface area contributed by atoms with Crippen molar-refractivity contribution in [3.8, 4) is 11.1 Å². The predicted molar refractivity (Wildman–Crippen MR) is 175 cm³/mol. The number of nitrogens with one attached hydrogen (secondary N) is 1. The highest BCUT2D eigenvalue weighted by atomic mass is 32.2. The van der Waals surface area contributed by atoms with Gasteiger partial charge in [0.25, 0.3) is 5.91 Å². The van der Waals surface area contributed by atoms with Crippen LogP contribution >= 0.6 is 0 Å². The van der Waals surface area contributed by atoms with Crippen LogP contribution < -0.4 is 10.2 Å². The summed E-state index contributed by atoms with van der Waals surface area (Å²) < 4.78 is 58.7. The van der Waals surface area contributed by atoms with Crippen LogP contribution in [-0.2, 0) is 19.2 Å². The van der Waals surface area contributed by atoms with Gasteiger partial charge in [-0.25, -0.2) is 27.5 Å². The Bertz CT molecular complexity index is 1760. The maximum absolute atomic E-state index is 14.3. The van der Waals surface area contributed by atoms with Crippen molar-refractivity contribution in [2.75, 3.05) is 36.2 Å². The molecule has 0 radical (unpaired) electrons. The van der Waals surface area contributed by atoms with E-state index in [9.17, 15) is 22.6 Å². The van der Waals surface area contributed by atoms with E-state index in [0.717, 1.165) is 24.8 Å². The summed E-state index contributed by atoms with van der Waals surface area (Å²) in [5, 5.41) is 7.39. The number of hydrogen-bond donors (Lipinski definition) is 1. The van der Waals surface area contributed by atoms with E-state index in [1.807, 2.05) is 6.20 Å². The standard InChI is InChI=1S/C33H42F2N6O5S/c1-22-26(23-19-37-41(21-23)27-12-6-7-17-45-27)20-36-29(40-15-9-13-33(34,35)14-16-40)28(22)30(42)38-24-10-8-11-25(18-24)47(5,44)39-31(43)46-32(2,3)4/h8,10-11,18-21,27H,6-7,9,12-17H2,1-5H3,(H,38,42)/t27?,47-/m1/s1. The number of alkyl halides is 2. The normalized spacial score (nSPS) is 19.7. The van der Waals surface area contributed by atoms with Crippen LogP contribution in [0.2, 0.25) is 0 Å². The molecule has 0 spiro atoms. The van der Waals surface area contributed by atoms with E-state index >= 15 is 0 Å². The van der Waals surface area contributed by atoms with Crippen molar-refractivity contribution in [1.82, 2.24) is 14.8 Å². The number of pyridine rings is 1. The van der Waals surface area contributed by atoms with Crippen molar-refractivity contribution in [3.05, 3.63) is 54.0 Å². The molecule has 2 aliphatic rings. The van der Waals surface area contributed by atoms with E-state index in [2.05, 4.69) is 19.8 Å². The zero-order valence-electron chi connectivity index (χ0n) is 27.4. The lowest BCUT2D eigenvalue weighted by molar-refractivity contribution is -0.0394. The molecule has 1 aromatic carbocycles. The molecule has 2 atom stereocenters. The molecule has 2 amide bonds. The molecule has 2 saturated heterocycles. The topological polar surface area (TPSA) is 128 Å². The third-order valence-corrected chi connectivity index (χ3v) is 9.72. The van der Waals surface area contributed by atoms with Gasteiger partial charge in [0.1, 0.15) is 17.6 Å². The fourth-order valence-electron chi connectivity index (χ4n) is 5.71. The van der Waals surface area contributed by atoms with Gasteiger partial charge < -0.3 is 19.7 Å². The van der Waals surface area contributed by atoms with Gasteiger partial charge in [0.15, 0.2) is 0 Å². The monoisotopic (exact) mass is 672 g/mol. The lowest BCUT2D eigenvalue weighted by atomic mass is 9.99. The van der Waals surface area contributed by atoms with Gasteiger partial charge in [0.2, 0.25) is 5.92 Å². The number of carbonyl (C=O) groups excluding carboxylic acids is 2. The Morgan fingerprint density at radius 2 is 1.94 bits per heavy atom. The molecule has 11 nitrogen and oxygen atoms in total. The SMILES string of the molecule is Cc1c(-c2cnn(C3CCCCO3)c2)cnc(N2CCCC(F)(F)CC2)c1C(=O)Nc1cccc([S@@](C)(=O)=NC(=O)OC(C)(C)C)c1. The summed E-state index contributed by atoms with van der Waals surface area (Å²) in [7, 11) is -3.22. The molecule has 2 aliphatic heterocycles. The molecule has 3 aromatic rings. The highest BCUT2D eigenvalue weighted by Gasteiger charge is 2.34. The number of nitrogens with zero attached hydrogens (tertiary/aromatic N) is 5. The second-order valence-electron chi connectivity index (χ2n) is 13.1. The Kier molecular flexibility index (Phi) is 10.0. The number of hydrogen-bond acceptors (Lipinski definition) is 8. The van der Waals surface area contributed by atoms with Gasteiger partial charge in [-0.2, -0.15) is 5.10 Å². The lowest BCUT2D eigenvalue weighted by Gasteiger charge is -2.26. The van der Waals surface area contributed by atoms with Crippen molar-refractivity contribution in [1.29, 1.82) is 0 Å². The molecule has 4 heterocycles. The smallest absolute Gasteiger partial charge is 0.442 e. The second-order valence-corrected chi connectivity index (χ2v) is 15.3.